The highest BCUT2D eigenvalue weighted by Crippen LogP contribution is 2.44. The average molecular weight is 664 g/mol. The van der Waals surface area contributed by atoms with Crippen LogP contribution in [0.3, 0.4) is 0 Å². The summed E-state index contributed by atoms with van der Waals surface area (Å²) >= 11 is 8.96. The normalized spacial score (nSPS) is 15.9. The Kier molecular flexibility index (Phi) is 11.2. The molecule has 1 aliphatic heterocycles. The molecule has 0 saturated carbocycles. The molecule has 5 rings (SSSR count). The van der Waals surface area contributed by atoms with Crippen LogP contribution in [0.25, 0.3) is 5.76 Å². The number of unbranched alkanes of at least 4 members (excludes halogenated alkanes) is 2. The SMILES string of the molecule is CCCCOc1ccc(C(O)=C2C(=O)C(=O)N(c3nnc(SCc4ccccc4Cl)s3)[C@@H]2c2ccc(OCCCC)cc2)cc1. The maximum Gasteiger partial charge on any atom is 0.301 e. The molecule has 0 bridgehead atoms. The van der Waals surface area contributed by atoms with E-state index < -0.39 is 17.7 Å². The Morgan fingerprint density at radius 3 is 2.16 bits per heavy atom. The van der Waals surface area contributed by atoms with E-state index in [1.807, 2.05) is 24.3 Å². The van der Waals surface area contributed by atoms with E-state index in [-0.39, 0.29) is 16.5 Å². The number of hydrogen-bond donors (Lipinski definition) is 1. The molecule has 11 heteroatoms. The minimum absolute atomic E-state index is 0.0280. The van der Waals surface area contributed by atoms with Gasteiger partial charge in [0.15, 0.2) is 4.34 Å². The molecule has 1 aliphatic rings. The number of Topliss-reactive ketones (excluding diaryl/α,β-unsaturated/α-hetero) is 1. The second-order valence-corrected chi connectivity index (χ2v) is 13.0. The molecular formula is C34H34ClN3O5S2. The van der Waals surface area contributed by atoms with Crippen molar-refractivity contribution in [2.45, 2.75) is 55.7 Å². The van der Waals surface area contributed by atoms with Gasteiger partial charge in [0.25, 0.3) is 5.78 Å². The summed E-state index contributed by atoms with van der Waals surface area (Å²) in [7, 11) is 0. The molecule has 8 nitrogen and oxygen atoms in total. The molecule has 1 amide bonds. The van der Waals surface area contributed by atoms with E-state index in [4.69, 9.17) is 21.1 Å². The highest BCUT2D eigenvalue weighted by molar-refractivity contribution is 8.00. The van der Waals surface area contributed by atoms with Gasteiger partial charge in [-0.25, -0.2) is 0 Å². The molecule has 4 aromatic rings. The Bertz CT molecular complexity index is 1660. The van der Waals surface area contributed by atoms with Gasteiger partial charge < -0.3 is 14.6 Å². The summed E-state index contributed by atoms with van der Waals surface area (Å²) in [5, 5.41) is 21.0. The number of nitrogens with zero attached hydrogens (tertiary/aromatic N) is 3. The van der Waals surface area contributed by atoms with Crippen LogP contribution in [0.2, 0.25) is 5.02 Å². The van der Waals surface area contributed by atoms with Gasteiger partial charge in [-0.2, -0.15) is 0 Å². The number of carbonyl (C=O) groups excluding carboxylic acids is 2. The topological polar surface area (TPSA) is 102 Å². The van der Waals surface area contributed by atoms with Crippen molar-refractivity contribution in [2.24, 2.45) is 0 Å². The largest absolute Gasteiger partial charge is 0.507 e. The Hall–Kier alpha value is -3.86. The number of carbonyl (C=O) groups is 2. The van der Waals surface area contributed by atoms with Gasteiger partial charge in [0.1, 0.15) is 17.3 Å². The van der Waals surface area contributed by atoms with Crippen molar-refractivity contribution < 1.29 is 24.2 Å². The first-order valence-corrected chi connectivity index (χ1v) is 17.1. The molecule has 1 fully saturated rings. The molecule has 45 heavy (non-hydrogen) atoms. The number of hydrogen-bond acceptors (Lipinski definition) is 9. The fourth-order valence-electron chi connectivity index (χ4n) is 4.74. The number of benzene rings is 3. The molecule has 1 N–H and O–H groups in total. The molecule has 1 atom stereocenters. The molecule has 234 valence electrons. The minimum Gasteiger partial charge on any atom is -0.507 e. The zero-order chi connectivity index (χ0) is 31.8. The fraction of sp³-hybridized carbons (Fsp3) is 0.294. The number of ketones is 1. The average Bonchev–Trinajstić information content (AvgIpc) is 3.63. The Morgan fingerprint density at radius 2 is 1.53 bits per heavy atom. The number of anilines is 1. The summed E-state index contributed by atoms with van der Waals surface area (Å²) in [6, 6.07) is 20.7. The molecule has 1 saturated heterocycles. The third kappa shape index (κ3) is 7.69. The molecule has 0 radical (unpaired) electrons. The number of halogens is 1. The van der Waals surface area contributed by atoms with Crippen molar-refractivity contribution >= 4 is 57.3 Å². The number of thioether (sulfide) groups is 1. The lowest BCUT2D eigenvalue weighted by molar-refractivity contribution is -0.132. The van der Waals surface area contributed by atoms with Crippen LogP contribution in [0, 0.1) is 0 Å². The van der Waals surface area contributed by atoms with Gasteiger partial charge in [0.2, 0.25) is 5.13 Å². The second-order valence-electron chi connectivity index (χ2n) is 10.4. The Balaban J connectivity index is 1.48. The zero-order valence-electron chi connectivity index (χ0n) is 25.1. The number of rotatable bonds is 14. The van der Waals surface area contributed by atoms with Crippen molar-refractivity contribution in [3.8, 4) is 11.5 Å². The summed E-state index contributed by atoms with van der Waals surface area (Å²) < 4.78 is 12.2. The van der Waals surface area contributed by atoms with Gasteiger partial charge in [0, 0.05) is 16.3 Å². The van der Waals surface area contributed by atoms with Gasteiger partial charge in [-0.15, -0.1) is 10.2 Å². The Morgan fingerprint density at radius 1 is 0.911 bits per heavy atom. The Labute approximate surface area is 276 Å². The number of aromatic nitrogens is 2. The van der Waals surface area contributed by atoms with Crippen LogP contribution in [0.5, 0.6) is 11.5 Å². The monoisotopic (exact) mass is 663 g/mol. The molecule has 0 spiro atoms. The summed E-state index contributed by atoms with van der Waals surface area (Å²) in [6.07, 6.45) is 3.89. The third-order valence-electron chi connectivity index (χ3n) is 7.21. The van der Waals surface area contributed by atoms with Crippen LogP contribution in [-0.2, 0) is 15.3 Å². The molecule has 0 unspecified atom stereocenters. The van der Waals surface area contributed by atoms with E-state index in [1.165, 1.54) is 28.0 Å². The van der Waals surface area contributed by atoms with Crippen LogP contribution in [0.4, 0.5) is 5.13 Å². The van der Waals surface area contributed by atoms with Gasteiger partial charge in [-0.3, -0.25) is 14.5 Å². The van der Waals surface area contributed by atoms with E-state index in [2.05, 4.69) is 24.0 Å². The van der Waals surface area contributed by atoms with Crippen molar-refractivity contribution in [1.82, 2.24) is 10.2 Å². The van der Waals surface area contributed by atoms with Crippen molar-refractivity contribution in [3.63, 3.8) is 0 Å². The van der Waals surface area contributed by atoms with Crippen LogP contribution < -0.4 is 14.4 Å². The molecule has 2 heterocycles. The maximum absolute atomic E-state index is 13.6. The quantitative estimate of drug-likeness (QED) is 0.0358. The number of ether oxygens (including phenoxy) is 2. The first-order valence-electron chi connectivity index (χ1n) is 14.9. The van der Waals surface area contributed by atoms with Crippen molar-refractivity contribution in [1.29, 1.82) is 0 Å². The van der Waals surface area contributed by atoms with E-state index >= 15 is 0 Å². The molecule has 0 aliphatic carbocycles. The number of amides is 1. The number of aliphatic hydroxyl groups is 1. The lowest BCUT2D eigenvalue weighted by atomic mass is 9.95. The highest BCUT2D eigenvalue weighted by atomic mass is 35.5. The number of aliphatic hydroxyl groups excluding tert-OH is 1. The molecular weight excluding hydrogens is 630 g/mol. The lowest BCUT2D eigenvalue weighted by Gasteiger charge is -2.22. The predicted octanol–water partition coefficient (Wildman–Crippen LogP) is 8.47. The van der Waals surface area contributed by atoms with Crippen LogP contribution in [0.15, 0.2) is 82.7 Å². The molecule has 1 aromatic heterocycles. The summed E-state index contributed by atoms with van der Waals surface area (Å²) in [5.74, 6) is 0.0341. The first-order chi connectivity index (χ1) is 21.9. The fourth-order valence-corrected chi connectivity index (χ4v) is 6.89. The van der Waals surface area contributed by atoms with Gasteiger partial charge >= 0.3 is 5.91 Å². The van der Waals surface area contributed by atoms with E-state index in [0.717, 1.165) is 31.2 Å². The van der Waals surface area contributed by atoms with E-state index in [0.29, 0.717) is 51.0 Å². The summed E-state index contributed by atoms with van der Waals surface area (Å²) in [5.41, 5.74) is 1.94. The van der Waals surface area contributed by atoms with E-state index in [1.54, 1.807) is 48.5 Å². The summed E-state index contributed by atoms with van der Waals surface area (Å²) in [6.45, 7) is 5.36. The van der Waals surface area contributed by atoms with Gasteiger partial charge in [-0.05, 0) is 66.4 Å². The molecule has 3 aromatic carbocycles. The zero-order valence-corrected chi connectivity index (χ0v) is 27.5. The van der Waals surface area contributed by atoms with Crippen LogP contribution in [-0.4, -0.2) is 40.2 Å². The van der Waals surface area contributed by atoms with Crippen molar-refractivity contribution in [2.75, 3.05) is 18.1 Å². The van der Waals surface area contributed by atoms with Crippen molar-refractivity contribution in [3.05, 3.63) is 100 Å². The van der Waals surface area contributed by atoms with Crippen LogP contribution in [0.1, 0.15) is 62.3 Å². The smallest absolute Gasteiger partial charge is 0.301 e. The standard InChI is InChI=1S/C34H34ClN3O5S2/c1-3-5-19-42-25-15-11-22(12-16-25)29-28(30(39)23-13-17-26(18-14-23)43-20-6-4-2)31(40)32(41)38(29)33-36-37-34(45-33)44-21-24-9-7-8-10-27(24)35/h7-18,29,39H,3-6,19-21H2,1-2H3/t29-/m1/s1. The first kappa shape index (κ1) is 32.5. The minimum atomic E-state index is -0.926. The predicted molar refractivity (Wildman–Crippen MR) is 179 cm³/mol. The maximum atomic E-state index is 13.6. The van der Waals surface area contributed by atoms with Gasteiger partial charge in [-0.1, -0.05) is 91.7 Å². The summed E-state index contributed by atoms with van der Waals surface area (Å²) in [4.78, 5) is 28.5. The second kappa shape index (κ2) is 15.4. The van der Waals surface area contributed by atoms with E-state index in [9.17, 15) is 14.7 Å². The van der Waals surface area contributed by atoms with Crippen LogP contribution >= 0.6 is 34.7 Å². The third-order valence-corrected chi connectivity index (χ3v) is 9.69. The highest BCUT2D eigenvalue weighted by Gasteiger charge is 2.48. The lowest BCUT2D eigenvalue weighted by Crippen LogP contribution is -2.29. The van der Waals surface area contributed by atoms with Gasteiger partial charge in [0.05, 0.1) is 24.8 Å².